The van der Waals surface area contributed by atoms with Crippen molar-refractivity contribution in [2.45, 2.75) is 27.2 Å². The van der Waals surface area contributed by atoms with Gasteiger partial charge in [-0.3, -0.25) is 0 Å². The fourth-order valence-corrected chi connectivity index (χ4v) is 0.144. The molecule has 0 aliphatic carbocycles. The van der Waals surface area contributed by atoms with Crippen molar-refractivity contribution in [3.8, 4) is 0 Å². The van der Waals surface area contributed by atoms with Crippen molar-refractivity contribution in [3.05, 3.63) is 0 Å². The normalized spacial score (nSPS) is 10.1. The number of hydrogen-bond acceptors (Lipinski definition) is 2. The van der Waals surface area contributed by atoms with Gasteiger partial charge in [-0.05, 0) is 6.42 Å². The van der Waals surface area contributed by atoms with E-state index in [9.17, 15) is 9.90 Å². The Bertz CT molecular complexity index is 99.2. The van der Waals surface area contributed by atoms with Crippen LogP contribution in [0, 0.1) is 5.41 Å². The topological polar surface area (TPSA) is 40.1 Å². The molecule has 0 saturated heterocycles. The largest absolute Gasteiger partial charge is 1.00 e. The van der Waals surface area contributed by atoms with Crippen LogP contribution in [0.4, 0.5) is 0 Å². The maximum Gasteiger partial charge on any atom is 1.00 e. The molecule has 0 aliphatic rings. The van der Waals surface area contributed by atoms with Gasteiger partial charge in [-0.25, -0.2) is 0 Å². The van der Waals surface area contributed by atoms with Gasteiger partial charge in [-0.2, -0.15) is 0 Å². The average Bonchev–Trinajstić information content (AvgIpc) is 1.67. The van der Waals surface area contributed by atoms with Crippen molar-refractivity contribution >= 4 is 5.97 Å². The Balaban J connectivity index is 0. The Labute approximate surface area is 71.2 Å². The zero-order valence-corrected chi connectivity index (χ0v) is 7.31. The summed E-state index contributed by atoms with van der Waals surface area (Å²) in [6.45, 7) is 5.14. The number of carbonyl (C=O) groups is 1. The molecule has 0 rings (SSSR count). The van der Waals surface area contributed by atoms with Gasteiger partial charge < -0.3 is 9.90 Å². The molecule has 9 heavy (non-hydrogen) atoms. The van der Waals surface area contributed by atoms with Gasteiger partial charge in [0.2, 0.25) is 0 Å². The third-order valence-corrected chi connectivity index (χ3v) is 1.44. The molecule has 0 aliphatic heterocycles. The molecule has 0 N–H and O–H groups in total. The Morgan fingerprint density at radius 1 is 1.56 bits per heavy atom. The van der Waals surface area contributed by atoms with Crippen LogP contribution in [-0.4, -0.2) is 5.97 Å². The van der Waals surface area contributed by atoms with Crippen LogP contribution in [0.5, 0.6) is 0 Å². The molecule has 0 aromatic carbocycles. The van der Waals surface area contributed by atoms with Crippen molar-refractivity contribution < 1.29 is 32.3 Å². The molecule has 58 valence electrons. The molecule has 0 fully saturated rings. The van der Waals surface area contributed by atoms with Gasteiger partial charge in [-0.1, -0.05) is 20.8 Å². The van der Waals surface area contributed by atoms with Crippen molar-refractivity contribution in [2.24, 2.45) is 5.41 Å². The van der Waals surface area contributed by atoms with Crippen LogP contribution in [0.1, 0.15) is 27.2 Å². The predicted octanol–water partition coefficient (Wildman–Crippen LogP) is 0.170. The third kappa shape index (κ3) is 3.73. The molecule has 0 radical (unpaired) electrons. The number of aliphatic carboxylic acids is 1. The molecular formula is C6H11AgO2. The average molecular weight is 223 g/mol. The molecule has 0 aromatic heterocycles. The maximum atomic E-state index is 10.1. The van der Waals surface area contributed by atoms with Crippen LogP contribution in [0.15, 0.2) is 0 Å². The Kier molecular flexibility index (Phi) is 5.43. The van der Waals surface area contributed by atoms with Gasteiger partial charge in [-0.15, -0.1) is 0 Å². The quantitative estimate of drug-likeness (QED) is 0.626. The fourth-order valence-electron chi connectivity index (χ4n) is 0.144. The van der Waals surface area contributed by atoms with E-state index in [1.807, 2.05) is 6.92 Å². The first-order chi connectivity index (χ1) is 3.50. The van der Waals surface area contributed by atoms with Crippen LogP contribution < -0.4 is 5.11 Å². The summed E-state index contributed by atoms with van der Waals surface area (Å²) in [5.74, 6) is -0.972. The first-order valence-corrected chi connectivity index (χ1v) is 2.72. The van der Waals surface area contributed by atoms with Crippen LogP contribution in [-0.2, 0) is 27.2 Å². The van der Waals surface area contributed by atoms with E-state index in [0.29, 0.717) is 6.42 Å². The van der Waals surface area contributed by atoms with Crippen molar-refractivity contribution in [1.82, 2.24) is 0 Å². The van der Waals surface area contributed by atoms with Gasteiger partial charge in [0.05, 0.1) is 0 Å². The number of carbonyl (C=O) groups excluding carboxylic acids is 1. The molecule has 0 amide bonds. The molecule has 3 heteroatoms. The van der Waals surface area contributed by atoms with E-state index in [2.05, 4.69) is 0 Å². The van der Waals surface area contributed by atoms with Crippen LogP contribution in [0.3, 0.4) is 0 Å². The molecule has 0 heterocycles. The summed E-state index contributed by atoms with van der Waals surface area (Å²) in [5.41, 5.74) is -0.653. The minimum Gasteiger partial charge on any atom is -0.550 e. The number of carboxylic acids is 1. The van der Waals surface area contributed by atoms with E-state index in [0.717, 1.165) is 0 Å². The monoisotopic (exact) mass is 222 g/mol. The second-order valence-electron chi connectivity index (χ2n) is 2.52. The Morgan fingerprint density at radius 2 is 1.89 bits per heavy atom. The molecule has 0 bridgehead atoms. The van der Waals surface area contributed by atoms with Crippen LogP contribution in [0.2, 0.25) is 0 Å². The van der Waals surface area contributed by atoms with E-state index >= 15 is 0 Å². The van der Waals surface area contributed by atoms with Gasteiger partial charge >= 0.3 is 22.4 Å². The summed E-state index contributed by atoms with van der Waals surface area (Å²) in [6, 6.07) is 0. The fraction of sp³-hybridized carbons (Fsp3) is 0.833. The molecule has 0 saturated carbocycles. The summed E-state index contributed by atoms with van der Waals surface area (Å²) in [7, 11) is 0. The summed E-state index contributed by atoms with van der Waals surface area (Å²) in [5, 5.41) is 10.1. The minimum atomic E-state index is -0.972. The van der Waals surface area contributed by atoms with E-state index in [4.69, 9.17) is 0 Å². The predicted molar refractivity (Wildman–Crippen MR) is 29.1 cm³/mol. The van der Waals surface area contributed by atoms with E-state index < -0.39 is 11.4 Å². The smallest absolute Gasteiger partial charge is 0.550 e. The third-order valence-electron chi connectivity index (χ3n) is 1.44. The minimum absolute atomic E-state index is 0. The second kappa shape index (κ2) is 4.09. The molecule has 2 nitrogen and oxygen atoms in total. The van der Waals surface area contributed by atoms with Gasteiger partial charge in [0.1, 0.15) is 0 Å². The van der Waals surface area contributed by atoms with Gasteiger partial charge in [0.25, 0.3) is 0 Å². The maximum absolute atomic E-state index is 10.1. The second-order valence-corrected chi connectivity index (χ2v) is 2.52. The summed E-state index contributed by atoms with van der Waals surface area (Å²) < 4.78 is 0. The van der Waals surface area contributed by atoms with Gasteiger partial charge in [0.15, 0.2) is 0 Å². The van der Waals surface area contributed by atoms with E-state index in [1.54, 1.807) is 13.8 Å². The SMILES string of the molecule is CCC(C)(C)C(=O)[O-].[Ag+]. The molecule has 0 spiro atoms. The number of rotatable bonds is 2. The summed E-state index contributed by atoms with van der Waals surface area (Å²) >= 11 is 0. The number of carboxylic acid groups (broad SMARTS) is 1. The molecular weight excluding hydrogens is 212 g/mol. The first-order valence-electron chi connectivity index (χ1n) is 2.72. The number of hydrogen-bond donors (Lipinski definition) is 0. The van der Waals surface area contributed by atoms with Crippen molar-refractivity contribution in [2.75, 3.05) is 0 Å². The molecule has 0 unspecified atom stereocenters. The van der Waals surface area contributed by atoms with Crippen LogP contribution >= 0.6 is 0 Å². The van der Waals surface area contributed by atoms with E-state index in [1.165, 1.54) is 0 Å². The molecule has 0 atom stereocenters. The summed E-state index contributed by atoms with van der Waals surface area (Å²) in [6.07, 6.45) is 0.620. The summed E-state index contributed by atoms with van der Waals surface area (Å²) in [4.78, 5) is 10.1. The molecule has 0 aromatic rings. The van der Waals surface area contributed by atoms with Crippen molar-refractivity contribution in [3.63, 3.8) is 0 Å². The Hall–Kier alpha value is 0.210. The Morgan fingerprint density at radius 3 is 1.89 bits per heavy atom. The van der Waals surface area contributed by atoms with E-state index in [-0.39, 0.29) is 22.4 Å². The van der Waals surface area contributed by atoms with Gasteiger partial charge in [0, 0.05) is 11.4 Å². The first kappa shape index (κ1) is 11.9. The zero-order chi connectivity index (χ0) is 6.78. The standard InChI is InChI=1S/C6H12O2.Ag/c1-4-6(2,3)5(7)8;/h4H2,1-3H3,(H,7,8);/q;+1/p-1. The zero-order valence-electron chi connectivity index (χ0n) is 5.83. The van der Waals surface area contributed by atoms with Crippen LogP contribution in [0.25, 0.3) is 0 Å². The van der Waals surface area contributed by atoms with Crippen molar-refractivity contribution in [1.29, 1.82) is 0 Å².